The summed E-state index contributed by atoms with van der Waals surface area (Å²) >= 11 is 1.90. The van der Waals surface area contributed by atoms with E-state index in [0.29, 0.717) is 0 Å². The molecule has 0 spiro atoms. The van der Waals surface area contributed by atoms with Crippen LogP contribution in [0.3, 0.4) is 0 Å². The summed E-state index contributed by atoms with van der Waals surface area (Å²) in [6, 6.07) is 28.5. The van der Waals surface area contributed by atoms with E-state index in [2.05, 4.69) is 130 Å². The summed E-state index contributed by atoms with van der Waals surface area (Å²) in [6.07, 6.45) is 14.3. The lowest BCUT2D eigenvalue weighted by atomic mass is 10.1. The summed E-state index contributed by atoms with van der Waals surface area (Å²) in [5, 5.41) is 3.84. The van der Waals surface area contributed by atoms with Crippen LogP contribution in [0.25, 0.3) is 40.0 Å². The van der Waals surface area contributed by atoms with E-state index < -0.39 is 0 Å². The maximum atomic E-state index is 3.40. The molecule has 0 radical (unpaired) electrons. The van der Waals surface area contributed by atoms with Crippen LogP contribution in [-0.4, -0.2) is 36.1 Å². The molecule has 0 amide bonds. The second-order valence-electron chi connectivity index (χ2n) is 11.2. The van der Waals surface area contributed by atoms with Crippen LogP contribution in [-0.2, 0) is 7.05 Å². The quantitative estimate of drug-likeness (QED) is 0.205. The fourth-order valence-corrected chi connectivity index (χ4v) is 7.47. The highest BCUT2D eigenvalue weighted by Gasteiger charge is 2.25. The fourth-order valence-electron chi connectivity index (χ4n) is 6.33. The second-order valence-corrected chi connectivity index (χ2v) is 12.2. The van der Waals surface area contributed by atoms with Crippen molar-refractivity contribution < 1.29 is 4.57 Å². The van der Waals surface area contributed by atoms with Crippen molar-refractivity contribution >= 4 is 57.5 Å². The van der Waals surface area contributed by atoms with Gasteiger partial charge in [-0.1, -0.05) is 60.6 Å². The molecule has 2 aliphatic rings. The van der Waals surface area contributed by atoms with Gasteiger partial charge in [0.15, 0.2) is 0 Å². The Balaban J connectivity index is 1.24. The highest BCUT2D eigenvalue weighted by atomic mass is 32.2. The van der Waals surface area contributed by atoms with Gasteiger partial charge in [-0.3, -0.25) is 0 Å². The Kier molecular flexibility index (Phi) is 7.39. The van der Waals surface area contributed by atoms with Crippen molar-refractivity contribution in [3.05, 3.63) is 107 Å². The predicted molar refractivity (Wildman–Crippen MR) is 175 cm³/mol. The van der Waals surface area contributed by atoms with E-state index in [9.17, 15) is 0 Å². The molecule has 1 N–H and O–H groups in total. The molecule has 2 aromatic heterocycles. The number of likely N-dealkylation sites (tertiary alicyclic amines) is 1. The predicted octanol–water partition coefficient (Wildman–Crippen LogP) is 8.10. The number of fused-ring (bicyclic) bond motifs is 3. The number of pyridine rings is 1. The molecule has 0 aliphatic carbocycles. The Morgan fingerprint density at radius 2 is 1.61 bits per heavy atom. The van der Waals surface area contributed by atoms with Crippen LogP contribution < -0.4 is 9.47 Å². The summed E-state index contributed by atoms with van der Waals surface area (Å²) in [5.41, 5.74) is 7.38. The zero-order valence-corrected chi connectivity index (χ0v) is 24.5. The molecule has 1 fully saturated rings. The monoisotopic (exact) mass is 557 g/mol. The Bertz CT molecular complexity index is 1760. The van der Waals surface area contributed by atoms with Crippen LogP contribution in [0.15, 0.2) is 95.0 Å². The minimum Gasteiger partial charge on any atom is -0.361 e. The number of piperidine rings is 1. The number of nitrogens with zero attached hydrogens (tertiary/aromatic N) is 3. The minimum absolute atomic E-state index is 1.04. The third-order valence-corrected chi connectivity index (χ3v) is 9.65. The van der Waals surface area contributed by atoms with Crippen molar-refractivity contribution in [3.8, 4) is 0 Å². The lowest BCUT2D eigenvalue weighted by Gasteiger charge is -2.28. The molecule has 0 bridgehead atoms. The number of rotatable bonds is 7. The maximum absolute atomic E-state index is 3.40. The largest absolute Gasteiger partial charge is 0.361 e. The van der Waals surface area contributed by atoms with Crippen molar-refractivity contribution in [2.75, 3.05) is 31.1 Å². The van der Waals surface area contributed by atoms with Crippen molar-refractivity contribution in [1.82, 2.24) is 9.88 Å². The van der Waals surface area contributed by atoms with E-state index in [0.717, 1.165) is 6.54 Å². The topological polar surface area (TPSA) is 26.1 Å². The summed E-state index contributed by atoms with van der Waals surface area (Å²) in [7, 11) is 2.17. The van der Waals surface area contributed by atoms with Crippen molar-refractivity contribution in [2.45, 2.75) is 30.6 Å². The molecule has 0 saturated carbocycles. The van der Waals surface area contributed by atoms with Crippen LogP contribution in [0, 0.1) is 0 Å². The van der Waals surface area contributed by atoms with Gasteiger partial charge in [0, 0.05) is 46.7 Å². The number of aromatic amines is 1. The van der Waals surface area contributed by atoms with Gasteiger partial charge in [-0.15, -0.1) is 0 Å². The number of benzene rings is 3. The molecule has 41 heavy (non-hydrogen) atoms. The first-order valence-corrected chi connectivity index (χ1v) is 15.7. The van der Waals surface area contributed by atoms with Crippen LogP contribution >= 0.6 is 11.8 Å². The molecule has 2 aliphatic heterocycles. The number of hydrogen-bond acceptors (Lipinski definition) is 3. The molecule has 206 valence electrons. The van der Waals surface area contributed by atoms with E-state index in [1.165, 1.54) is 99.6 Å². The first-order chi connectivity index (χ1) is 20.2. The molecule has 4 heterocycles. The standard InChI is InChI=1S/C36H36N4S/c1-38-29(19-18-27-26-37-32-14-5-3-12-30(27)32)24-28(31-13-4-6-15-33(31)38)25-36-40(34-16-7-8-17-35(34)41-36)23-11-22-39-20-9-2-10-21-39/h3-8,12-19,24-26H,2,9-11,20-23H2,1H3/p+1/b36-25-. The van der Waals surface area contributed by atoms with E-state index in [1.54, 1.807) is 0 Å². The van der Waals surface area contributed by atoms with Gasteiger partial charge < -0.3 is 14.8 Å². The van der Waals surface area contributed by atoms with Gasteiger partial charge in [-0.05, 0) is 86.4 Å². The molecule has 3 aromatic carbocycles. The molecule has 7 rings (SSSR count). The highest BCUT2D eigenvalue weighted by molar-refractivity contribution is 8.03. The number of aromatic nitrogens is 2. The number of hydrogen-bond donors (Lipinski definition) is 1. The molecule has 5 aromatic rings. The number of anilines is 1. The average molecular weight is 558 g/mol. The first-order valence-electron chi connectivity index (χ1n) is 14.9. The van der Waals surface area contributed by atoms with Gasteiger partial charge in [0.25, 0.3) is 0 Å². The van der Waals surface area contributed by atoms with Crippen LogP contribution in [0.2, 0.25) is 0 Å². The minimum atomic E-state index is 1.04. The summed E-state index contributed by atoms with van der Waals surface area (Å²) in [4.78, 5) is 9.95. The van der Waals surface area contributed by atoms with Gasteiger partial charge in [-0.25, -0.2) is 0 Å². The number of para-hydroxylation sites is 3. The van der Waals surface area contributed by atoms with Gasteiger partial charge in [-0.2, -0.15) is 4.57 Å². The molecule has 1 saturated heterocycles. The summed E-state index contributed by atoms with van der Waals surface area (Å²) < 4.78 is 2.30. The van der Waals surface area contributed by atoms with Gasteiger partial charge in [0.1, 0.15) is 7.05 Å². The lowest BCUT2D eigenvalue weighted by Crippen LogP contribution is -2.33. The Hall–Kier alpha value is -3.80. The van der Waals surface area contributed by atoms with Crippen molar-refractivity contribution in [3.63, 3.8) is 0 Å². The van der Waals surface area contributed by atoms with Crippen molar-refractivity contribution in [2.24, 2.45) is 7.05 Å². The van der Waals surface area contributed by atoms with Gasteiger partial charge in [0.05, 0.1) is 16.1 Å². The zero-order chi connectivity index (χ0) is 27.6. The molecular weight excluding hydrogens is 520 g/mol. The summed E-state index contributed by atoms with van der Waals surface area (Å²) in [5.74, 6) is 0. The van der Waals surface area contributed by atoms with E-state index in [1.807, 2.05) is 11.8 Å². The van der Waals surface area contributed by atoms with E-state index in [4.69, 9.17) is 0 Å². The number of thioether (sulfide) groups is 1. The molecule has 4 nitrogen and oxygen atoms in total. The van der Waals surface area contributed by atoms with E-state index >= 15 is 0 Å². The van der Waals surface area contributed by atoms with Gasteiger partial charge in [0.2, 0.25) is 11.2 Å². The molecule has 0 unspecified atom stereocenters. The average Bonchev–Trinajstić information content (AvgIpc) is 3.59. The first kappa shape index (κ1) is 26.1. The zero-order valence-electron chi connectivity index (χ0n) is 23.7. The number of aryl methyl sites for hydroxylation is 1. The van der Waals surface area contributed by atoms with E-state index in [-0.39, 0.29) is 0 Å². The van der Waals surface area contributed by atoms with Crippen LogP contribution in [0.5, 0.6) is 0 Å². The number of nitrogens with one attached hydrogen (secondary N) is 1. The molecular formula is C36H37N4S+. The van der Waals surface area contributed by atoms with Crippen LogP contribution in [0.1, 0.15) is 42.5 Å². The third-order valence-electron chi connectivity index (χ3n) is 8.54. The molecule has 0 atom stereocenters. The SMILES string of the molecule is C[n+]1c(/C=C/c2c[nH]c3ccccc23)cc(/C=C2\Sc3ccccc3N2CCCN2CCCCC2)c2ccccc21. The Morgan fingerprint density at radius 3 is 2.51 bits per heavy atom. The lowest BCUT2D eigenvalue weighted by molar-refractivity contribution is -0.646. The highest BCUT2D eigenvalue weighted by Crippen LogP contribution is 2.46. The third kappa shape index (κ3) is 5.32. The fraction of sp³-hybridized carbons (Fsp3) is 0.250. The smallest absolute Gasteiger partial charge is 0.213 e. The summed E-state index contributed by atoms with van der Waals surface area (Å²) in [6.45, 7) is 4.74. The normalized spacial score (nSPS) is 16.9. The number of H-pyrrole nitrogens is 1. The molecule has 5 heteroatoms. The second kappa shape index (κ2) is 11.6. The maximum Gasteiger partial charge on any atom is 0.213 e. The van der Waals surface area contributed by atoms with Crippen molar-refractivity contribution in [1.29, 1.82) is 0 Å². The van der Waals surface area contributed by atoms with Gasteiger partial charge >= 0.3 is 0 Å². The Morgan fingerprint density at radius 1 is 0.829 bits per heavy atom. The van der Waals surface area contributed by atoms with Crippen LogP contribution in [0.4, 0.5) is 5.69 Å². The Labute approximate surface area is 247 Å².